The van der Waals surface area contributed by atoms with Gasteiger partial charge in [0.15, 0.2) is 0 Å². The summed E-state index contributed by atoms with van der Waals surface area (Å²) in [6.45, 7) is 7.56. The fourth-order valence-electron chi connectivity index (χ4n) is 5.12. The summed E-state index contributed by atoms with van der Waals surface area (Å²) in [5.41, 5.74) is 3.20. The number of carbonyl (C=O) groups is 1. The maximum atomic E-state index is 12.9. The first-order valence-corrected chi connectivity index (χ1v) is 12.4. The molecule has 33 heavy (non-hydrogen) atoms. The molecule has 2 aromatic carbocycles. The van der Waals surface area contributed by atoms with Crippen LogP contribution in [0.4, 0.5) is 5.69 Å². The van der Waals surface area contributed by atoms with Crippen molar-refractivity contribution in [2.45, 2.75) is 44.8 Å². The maximum absolute atomic E-state index is 12.9. The van der Waals surface area contributed by atoms with Crippen LogP contribution in [0.3, 0.4) is 0 Å². The molecule has 3 heterocycles. The number of rotatable bonds is 4. The molecule has 174 valence electrons. The number of amides is 1. The molecule has 3 atom stereocenters. The van der Waals surface area contributed by atoms with Gasteiger partial charge in [0, 0.05) is 46.8 Å². The number of anilines is 1. The van der Waals surface area contributed by atoms with Gasteiger partial charge in [-0.2, -0.15) is 5.10 Å². The largest absolute Gasteiger partial charge is 0.368 e. The highest BCUT2D eigenvalue weighted by Gasteiger charge is 2.33. The number of nitrogens with zero attached hydrogens (tertiary/aromatic N) is 4. The van der Waals surface area contributed by atoms with Crippen molar-refractivity contribution >= 4 is 45.7 Å². The zero-order valence-electron chi connectivity index (χ0n) is 19.0. The first-order chi connectivity index (χ1) is 15.9. The van der Waals surface area contributed by atoms with Crippen molar-refractivity contribution in [3.8, 4) is 0 Å². The predicted molar refractivity (Wildman–Crippen MR) is 134 cm³/mol. The number of carbonyl (C=O) groups excluding carboxylic acids is 1. The molecular weight excluding hydrogens is 457 g/mol. The highest BCUT2D eigenvalue weighted by atomic mass is 35.5. The fraction of sp³-hybridized carbons (Fsp3) is 0.440. The molecule has 2 aliphatic heterocycles. The molecule has 8 heteroatoms. The Morgan fingerprint density at radius 1 is 1.18 bits per heavy atom. The first-order valence-electron chi connectivity index (χ1n) is 11.6. The molecule has 1 aromatic heterocycles. The SMILES string of the molecule is CC(c1ccc(Cl)cc1Cl)n1ncc2ccc(N3CCN(C(=O)[C@H]4CCCN4)[C@H](C)C3)cc21. The van der Waals surface area contributed by atoms with Gasteiger partial charge >= 0.3 is 0 Å². The smallest absolute Gasteiger partial charge is 0.240 e. The van der Waals surface area contributed by atoms with Crippen LogP contribution in [0.25, 0.3) is 10.9 Å². The van der Waals surface area contributed by atoms with Crippen molar-refractivity contribution in [2.75, 3.05) is 31.1 Å². The van der Waals surface area contributed by atoms with E-state index in [4.69, 9.17) is 23.2 Å². The summed E-state index contributed by atoms with van der Waals surface area (Å²) < 4.78 is 2.02. The van der Waals surface area contributed by atoms with E-state index >= 15 is 0 Å². The van der Waals surface area contributed by atoms with Crippen LogP contribution in [0.5, 0.6) is 0 Å². The zero-order chi connectivity index (χ0) is 23.1. The minimum absolute atomic E-state index is 0.00844. The quantitative estimate of drug-likeness (QED) is 0.579. The van der Waals surface area contributed by atoms with Crippen LogP contribution >= 0.6 is 23.2 Å². The number of halogens is 2. The van der Waals surface area contributed by atoms with Gasteiger partial charge in [0.25, 0.3) is 0 Å². The van der Waals surface area contributed by atoms with E-state index in [9.17, 15) is 4.79 Å². The lowest BCUT2D eigenvalue weighted by Gasteiger charge is -2.42. The lowest BCUT2D eigenvalue weighted by Crippen LogP contribution is -2.57. The second kappa shape index (κ2) is 9.16. The van der Waals surface area contributed by atoms with Crippen molar-refractivity contribution in [1.29, 1.82) is 0 Å². The van der Waals surface area contributed by atoms with Crippen LogP contribution in [0.15, 0.2) is 42.6 Å². The molecule has 0 saturated carbocycles. The summed E-state index contributed by atoms with van der Waals surface area (Å²) in [5.74, 6) is 0.252. The average molecular weight is 486 g/mol. The van der Waals surface area contributed by atoms with Gasteiger partial charge in [-0.1, -0.05) is 29.3 Å². The van der Waals surface area contributed by atoms with Gasteiger partial charge in [-0.15, -0.1) is 0 Å². The van der Waals surface area contributed by atoms with Crippen molar-refractivity contribution in [3.05, 3.63) is 58.2 Å². The normalized spacial score (nSPS) is 22.2. The molecule has 2 fully saturated rings. The zero-order valence-corrected chi connectivity index (χ0v) is 20.5. The van der Waals surface area contributed by atoms with E-state index in [1.165, 1.54) is 0 Å². The number of nitrogens with one attached hydrogen (secondary N) is 1. The monoisotopic (exact) mass is 485 g/mol. The molecule has 5 rings (SSSR count). The van der Waals surface area contributed by atoms with Gasteiger partial charge in [-0.3, -0.25) is 9.48 Å². The molecule has 1 amide bonds. The Morgan fingerprint density at radius 3 is 2.76 bits per heavy atom. The Bertz CT molecular complexity index is 1170. The average Bonchev–Trinajstić information content (AvgIpc) is 3.48. The van der Waals surface area contributed by atoms with Crippen molar-refractivity contribution in [1.82, 2.24) is 20.0 Å². The van der Waals surface area contributed by atoms with Gasteiger partial charge in [0.2, 0.25) is 5.91 Å². The minimum Gasteiger partial charge on any atom is -0.368 e. The standard InChI is InChI=1S/C25H29Cl2N5O/c1-16-15-30(10-11-31(16)25(33)23-4-3-9-28-23)20-7-5-18-14-29-32(24(18)13-20)17(2)21-8-6-19(26)12-22(21)27/h5-8,12-14,16-17,23,28H,3-4,9-11,15H2,1-2H3/t16-,17?,23-/m1/s1. The lowest BCUT2D eigenvalue weighted by atomic mass is 10.1. The number of benzene rings is 2. The van der Waals surface area contributed by atoms with Crippen LogP contribution in [-0.4, -0.2) is 58.9 Å². The van der Waals surface area contributed by atoms with E-state index in [0.29, 0.717) is 10.0 Å². The molecule has 3 aromatic rings. The predicted octanol–water partition coefficient (Wildman–Crippen LogP) is 4.74. The van der Waals surface area contributed by atoms with Crippen molar-refractivity contribution < 1.29 is 4.79 Å². The van der Waals surface area contributed by atoms with Crippen LogP contribution in [-0.2, 0) is 4.79 Å². The highest BCUT2D eigenvalue weighted by molar-refractivity contribution is 6.35. The van der Waals surface area contributed by atoms with Gasteiger partial charge in [0.1, 0.15) is 0 Å². The van der Waals surface area contributed by atoms with Crippen molar-refractivity contribution in [3.63, 3.8) is 0 Å². The summed E-state index contributed by atoms with van der Waals surface area (Å²) in [6.07, 6.45) is 3.92. The van der Waals surface area contributed by atoms with Crippen LogP contribution in [0.1, 0.15) is 38.3 Å². The minimum atomic E-state index is -0.0326. The molecule has 0 bridgehead atoms. The molecular formula is C25H29Cl2N5O. The number of hydrogen-bond donors (Lipinski definition) is 1. The second-order valence-electron chi connectivity index (χ2n) is 9.15. The molecule has 0 radical (unpaired) electrons. The molecule has 2 saturated heterocycles. The van der Waals surface area contributed by atoms with Crippen LogP contribution < -0.4 is 10.2 Å². The van der Waals surface area contributed by atoms with E-state index in [1.807, 2.05) is 27.9 Å². The van der Waals surface area contributed by atoms with Crippen LogP contribution in [0.2, 0.25) is 10.0 Å². The first kappa shape index (κ1) is 22.5. The summed E-state index contributed by atoms with van der Waals surface area (Å²) in [4.78, 5) is 17.3. The van der Waals surface area contributed by atoms with E-state index in [-0.39, 0.29) is 24.0 Å². The number of hydrogen-bond acceptors (Lipinski definition) is 4. The number of piperazine rings is 1. The fourth-order valence-corrected chi connectivity index (χ4v) is 5.69. The Balaban J connectivity index is 1.37. The summed E-state index contributed by atoms with van der Waals surface area (Å²) in [7, 11) is 0. The summed E-state index contributed by atoms with van der Waals surface area (Å²) >= 11 is 12.6. The topological polar surface area (TPSA) is 53.4 Å². The Hall–Kier alpha value is -2.28. The van der Waals surface area contributed by atoms with Gasteiger partial charge in [-0.25, -0.2) is 0 Å². The number of fused-ring (bicyclic) bond motifs is 1. The highest BCUT2D eigenvalue weighted by Crippen LogP contribution is 2.32. The van der Waals surface area contributed by atoms with Crippen LogP contribution in [0, 0.1) is 0 Å². The lowest BCUT2D eigenvalue weighted by molar-refractivity contribution is -0.135. The maximum Gasteiger partial charge on any atom is 0.240 e. The van der Waals surface area contributed by atoms with Gasteiger partial charge in [0.05, 0.1) is 23.8 Å². The molecule has 0 spiro atoms. The Kier molecular flexibility index (Phi) is 6.25. The summed E-state index contributed by atoms with van der Waals surface area (Å²) in [6, 6.07) is 12.2. The molecule has 1 unspecified atom stereocenters. The third kappa shape index (κ3) is 4.32. The Morgan fingerprint density at radius 2 is 2.03 bits per heavy atom. The summed E-state index contributed by atoms with van der Waals surface area (Å²) in [5, 5.41) is 10.4. The third-order valence-corrected chi connectivity index (χ3v) is 7.56. The van der Waals surface area contributed by atoms with E-state index in [0.717, 1.165) is 61.2 Å². The molecule has 1 N–H and O–H groups in total. The number of aromatic nitrogens is 2. The second-order valence-corrected chi connectivity index (χ2v) is 9.99. The van der Waals surface area contributed by atoms with E-state index < -0.39 is 0 Å². The molecule has 0 aliphatic carbocycles. The molecule has 6 nitrogen and oxygen atoms in total. The van der Waals surface area contributed by atoms with E-state index in [1.54, 1.807) is 6.07 Å². The van der Waals surface area contributed by atoms with Crippen molar-refractivity contribution in [2.24, 2.45) is 0 Å². The molecule has 2 aliphatic rings. The third-order valence-electron chi connectivity index (χ3n) is 7.00. The van der Waals surface area contributed by atoms with Gasteiger partial charge < -0.3 is 15.1 Å². The van der Waals surface area contributed by atoms with E-state index in [2.05, 4.69) is 47.4 Å². The van der Waals surface area contributed by atoms with Gasteiger partial charge in [-0.05, 0) is 69.1 Å². The Labute approximate surface area is 204 Å².